The van der Waals surface area contributed by atoms with Crippen LogP contribution in [0.5, 0.6) is 11.5 Å². The third kappa shape index (κ3) is 4.38. The zero-order valence-corrected chi connectivity index (χ0v) is 11.8. The Morgan fingerprint density at radius 3 is 2.29 bits per heavy atom. The first-order chi connectivity index (χ1) is 9.88. The molecule has 0 heterocycles. The molecule has 6 heteroatoms. The van der Waals surface area contributed by atoms with Crippen LogP contribution in [-0.2, 0) is 9.59 Å². The SMILES string of the molecule is COc1ccc(/C=C(C(=O)[O-])\C(C)=C\C(=O)[O-])c(OC)c1. The lowest BCUT2D eigenvalue weighted by atomic mass is 10.0. The molecule has 0 unspecified atom stereocenters. The van der Waals surface area contributed by atoms with Crippen LogP contribution in [-0.4, -0.2) is 26.2 Å². The van der Waals surface area contributed by atoms with Gasteiger partial charge < -0.3 is 29.3 Å². The molecule has 0 saturated carbocycles. The second-order valence-corrected chi connectivity index (χ2v) is 4.10. The molecule has 0 spiro atoms. The van der Waals surface area contributed by atoms with Crippen molar-refractivity contribution in [1.29, 1.82) is 0 Å². The van der Waals surface area contributed by atoms with Gasteiger partial charge in [0.05, 0.1) is 26.2 Å². The summed E-state index contributed by atoms with van der Waals surface area (Å²) in [6, 6.07) is 4.79. The minimum Gasteiger partial charge on any atom is -0.545 e. The first-order valence-electron chi connectivity index (χ1n) is 5.93. The van der Waals surface area contributed by atoms with Crippen LogP contribution in [0.4, 0.5) is 0 Å². The fourth-order valence-electron chi connectivity index (χ4n) is 1.68. The molecular weight excluding hydrogens is 276 g/mol. The Morgan fingerprint density at radius 2 is 1.81 bits per heavy atom. The molecule has 0 aliphatic heterocycles. The predicted octanol–water partition coefficient (Wildman–Crippen LogP) is -0.467. The zero-order chi connectivity index (χ0) is 16.0. The van der Waals surface area contributed by atoms with Crippen molar-refractivity contribution in [3.05, 3.63) is 41.0 Å². The Labute approximate surface area is 121 Å². The zero-order valence-electron chi connectivity index (χ0n) is 11.8. The van der Waals surface area contributed by atoms with E-state index in [-0.39, 0.29) is 11.1 Å². The molecule has 112 valence electrons. The molecule has 0 radical (unpaired) electrons. The van der Waals surface area contributed by atoms with Crippen LogP contribution in [0, 0.1) is 0 Å². The van der Waals surface area contributed by atoms with Crippen molar-refractivity contribution in [2.75, 3.05) is 14.2 Å². The molecule has 0 aromatic heterocycles. The summed E-state index contributed by atoms with van der Waals surface area (Å²) in [4.78, 5) is 21.7. The molecule has 0 aliphatic carbocycles. The second kappa shape index (κ2) is 7.14. The van der Waals surface area contributed by atoms with E-state index in [4.69, 9.17) is 9.47 Å². The van der Waals surface area contributed by atoms with Crippen LogP contribution < -0.4 is 19.7 Å². The highest BCUT2D eigenvalue weighted by atomic mass is 16.5. The van der Waals surface area contributed by atoms with Gasteiger partial charge in [-0.15, -0.1) is 0 Å². The van der Waals surface area contributed by atoms with Gasteiger partial charge in [-0.3, -0.25) is 0 Å². The summed E-state index contributed by atoms with van der Waals surface area (Å²) >= 11 is 0. The van der Waals surface area contributed by atoms with Crippen molar-refractivity contribution in [2.45, 2.75) is 6.92 Å². The Hall–Kier alpha value is -2.76. The Balaban J connectivity index is 3.35. The minimum atomic E-state index is -1.50. The number of carbonyl (C=O) groups excluding carboxylic acids is 2. The standard InChI is InChI=1S/C15H16O6/c1-9(6-14(16)17)12(15(18)19)7-10-4-5-11(20-2)8-13(10)21-3/h4-8H,1-3H3,(H,16,17)(H,18,19)/p-2/b9-6+,12-7+. The van der Waals surface area contributed by atoms with Gasteiger partial charge >= 0.3 is 0 Å². The lowest BCUT2D eigenvalue weighted by Gasteiger charge is -2.12. The maximum atomic E-state index is 11.2. The summed E-state index contributed by atoms with van der Waals surface area (Å²) in [6.07, 6.45) is 1.96. The molecule has 0 bridgehead atoms. The normalized spacial score (nSPS) is 12.0. The number of carboxylic acids is 2. The Bertz CT molecular complexity index is 613. The maximum absolute atomic E-state index is 11.2. The third-order valence-corrected chi connectivity index (χ3v) is 2.72. The van der Waals surface area contributed by atoms with Crippen molar-refractivity contribution in [3.8, 4) is 11.5 Å². The summed E-state index contributed by atoms with van der Waals surface area (Å²) < 4.78 is 10.2. The molecule has 0 aliphatic rings. The topological polar surface area (TPSA) is 98.7 Å². The highest BCUT2D eigenvalue weighted by molar-refractivity contribution is 5.98. The molecule has 0 N–H and O–H groups in total. The lowest BCUT2D eigenvalue weighted by molar-refractivity contribution is -0.298. The van der Waals surface area contributed by atoms with Crippen LogP contribution in [0.2, 0.25) is 0 Å². The summed E-state index contributed by atoms with van der Waals surface area (Å²) in [7, 11) is 2.91. The summed E-state index contributed by atoms with van der Waals surface area (Å²) in [5.74, 6) is -2.06. The van der Waals surface area contributed by atoms with Crippen LogP contribution in [0.3, 0.4) is 0 Å². The molecule has 21 heavy (non-hydrogen) atoms. The van der Waals surface area contributed by atoms with Crippen molar-refractivity contribution < 1.29 is 29.3 Å². The molecule has 1 rings (SSSR count). The highest BCUT2D eigenvalue weighted by Gasteiger charge is 2.07. The Kier molecular flexibility index (Phi) is 5.54. The number of rotatable bonds is 6. The van der Waals surface area contributed by atoms with Crippen molar-refractivity contribution in [2.24, 2.45) is 0 Å². The lowest BCUT2D eigenvalue weighted by Crippen LogP contribution is -2.26. The van der Waals surface area contributed by atoms with Crippen LogP contribution in [0.25, 0.3) is 6.08 Å². The number of carboxylic acid groups (broad SMARTS) is 2. The van der Waals surface area contributed by atoms with E-state index in [1.807, 2.05) is 0 Å². The number of carbonyl (C=O) groups is 2. The molecule has 1 aromatic carbocycles. The van der Waals surface area contributed by atoms with Gasteiger partial charge in [-0.2, -0.15) is 0 Å². The average Bonchev–Trinajstić information content (AvgIpc) is 2.43. The summed E-state index contributed by atoms with van der Waals surface area (Å²) in [6.45, 7) is 1.34. The van der Waals surface area contributed by atoms with Gasteiger partial charge in [-0.25, -0.2) is 0 Å². The molecule has 0 atom stereocenters. The van der Waals surface area contributed by atoms with Crippen molar-refractivity contribution in [1.82, 2.24) is 0 Å². The monoisotopic (exact) mass is 290 g/mol. The van der Waals surface area contributed by atoms with Gasteiger partial charge in [0.2, 0.25) is 0 Å². The van der Waals surface area contributed by atoms with Gasteiger partial charge in [-0.05, 0) is 36.8 Å². The number of hydrogen-bond acceptors (Lipinski definition) is 6. The molecule has 0 saturated heterocycles. The molecule has 1 aromatic rings. The second-order valence-electron chi connectivity index (χ2n) is 4.10. The number of methoxy groups -OCH3 is 2. The maximum Gasteiger partial charge on any atom is 0.129 e. The minimum absolute atomic E-state index is 0.00729. The van der Waals surface area contributed by atoms with E-state index in [1.54, 1.807) is 18.2 Å². The van der Waals surface area contributed by atoms with E-state index in [2.05, 4.69) is 0 Å². The largest absolute Gasteiger partial charge is 0.545 e. The van der Waals surface area contributed by atoms with Crippen molar-refractivity contribution >= 4 is 18.0 Å². The van der Waals surface area contributed by atoms with Crippen LogP contribution in [0.15, 0.2) is 35.4 Å². The third-order valence-electron chi connectivity index (χ3n) is 2.72. The van der Waals surface area contributed by atoms with Gasteiger partial charge in [0.25, 0.3) is 0 Å². The van der Waals surface area contributed by atoms with E-state index in [1.165, 1.54) is 27.2 Å². The fourth-order valence-corrected chi connectivity index (χ4v) is 1.68. The quantitative estimate of drug-likeness (QED) is 0.519. The van der Waals surface area contributed by atoms with E-state index in [9.17, 15) is 19.8 Å². The first-order valence-corrected chi connectivity index (χ1v) is 5.93. The average molecular weight is 290 g/mol. The van der Waals surface area contributed by atoms with E-state index >= 15 is 0 Å². The number of aliphatic carboxylic acids is 2. The number of hydrogen-bond donors (Lipinski definition) is 0. The van der Waals surface area contributed by atoms with Crippen molar-refractivity contribution in [3.63, 3.8) is 0 Å². The van der Waals surface area contributed by atoms with Gasteiger partial charge in [0, 0.05) is 17.2 Å². The van der Waals surface area contributed by atoms with Gasteiger partial charge in [-0.1, -0.05) is 0 Å². The van der Waals surface area contributed by atoms with Crippen LogP contribution >= 0.6 is 0 Å². The molecule has 6 nitrogen and oxygen atoms in total. The van der Waals surface area contributed by atoms with E-state index in [0.29, 0.717) is 23.1 Å². The van der Waals surface area contributed by atoms with Gasteiger partial charge in [0.1, 0.15) is 11.5 Å². The van der Waals surface area contributed by atoms with Gasteiger partial charge in [0.15, 0.2) is 0 Å². The smallest absolute Gasteiger partial charge is 0.129 e. The molecular formula is C15H14O6-2. The predicted molar refractivity (Wildman–Crippen MR) is 71.3 cm³/mol. The molecule has 0 fully saturated rings. The summed E-state index contributed by atoms with van der Waals surface area (Å²) in [5.41, 5.74) is 0.180. The number of benzene rings is 1. The van der Waals surface area contributed by atoms with E-state index < -0.39 is 11.9 Å². The Morgan fingerprint density at radius 1 is 1.14 bits per heavy atom. The first kappa shape index (κ1) is 16.3. The van der Waals surface area contributed by atoms with E-state index in [0.717, 1.165) is 0 Å². The highest BCUT2D eigenvalue weighted by Crippen LogP contribution is 2.27. The number of ether oxygens (including phenoxy) is 2. The van der Waals surface area contributed by atoms with Crippen LogP contribution in [0.1, 0.15) is 12.5 Å². The summed E-state index contributed by atoms with van der Waals surface area (Å²) in [5, 5.41) is 21.7. The fraction of sp³-hybridized carbons (Fsp3) is 0.200. The molecule has 0 amide bonds.